The average Bonchev–Trinajstić information content (AvgIpc) is 2.72. The molecular weight excluding hydrogens is 338 g/mol. The highest BCUT2D eigenvalue weighted by molar-refractivity contribution is 5.94. The van der Waals surface area contributed by atoms with Crippen LogP contribution in [0.4, 0.5) is 0 Å². The van der Waals surface area contributed by atoms with Crippen LogP contribution < -0.4 is 5.32 Å². The van der Waals surface area contributed by atoms with Gasteiger partial charge in [-0.25, -0.2) is 0 Å². The van der Waals surface area contributed by atoms with Gasteiger partial charge in [-0.2, -0.15) is 0 Å². The Balaban J connectivity index is 1.47. The van der Waals surface area contributed by atoms with Crippen molar-refractivity contribution in [2.45, 2.75) is 0 Å². The van der Waals surface area contributed by atoms with Gasteiger partial charge in [0.2, 0.25) is 11.8 Å². The summed E-state index contributed by atoms with van der Waals surface area (Å²) in [6.45, 7) is 3.22. The molecule has 0 unspecified atom stereocenters. The van der Waals surface area contributed by atoms with E-state index in [0.717, 1.165) is 42.9 Å². The van der Waals surface area contributed by atoms with Crippen molar-refractivity contribution in [3.63, 3.8) is 0 Å². The molecular formula is C22H25N3O2. The van der Waals surface area contributed by atoms with E-state index in [1.807, 2.05) is 49.5 Å². The van der Waals surface area contributed by atoms with Crippen LogP contribution in [-0.2, 0) is 9.59 Å². The lowest BCUT2D eigenvalue weighted by Gasteiger charge is -2.32. The summed E-state index contributed by atoms with van der Waals surface area (Å²) in [5.41, 5.74) is 3.23. The van der Waals surface area contributed by atoms with E-state index in [-0.39, 0.29) is 18.4 Å². The van der Waals surface area contributed by atoms with Crippen LogP contribution in [0.15, 0.2) is 60.7 Å². The Morgan fingerprint density at radius 2 is 1.56 bits per heavy atom. The van der Waals surface area contributed by atoms with Crippen LogP contribution in [0.5, 0.6) is 0 Å². The number of rotatable bonds is 5. The minimum atomic E-state index is -0.260. The number of hydrogen-bond donors (Lipinski definition) is 1. The summed E-state index contributed by atoms with van der Waals surface area (Å²) in [6, 6.07) is 18.2. The van der Waals surface area contributed by atoms with Crippen LogP contribution in [0, 0.1) is 0 Å². The Morgan fingerprint density at radius 1 is 0.926 bits per heavy atom. The number of likely N-dealkylation sites (N-methyl/N-ethyl adjacent to an activating group) is 1. The molecule has 1 heterocycles. The maximum Gasteiger partial charge on any atom is 0.244 e. The lowest BCUT2D eigenvalue weighted by Crippen LogP contribution is -2.49. The molecule has 2 aromatic rings. The predicted molar refractivity (Wildman–Crippen MR) is 108 cm³/mol. The molecule has 1 aliphatic heterocycles. The van der Waals surface area contributed by atoms with Gasteiger partial charge in [-0.3, -0.25) is 9.59 Å². The lowest BCUT2D eigenvalue weighted by molar-refractivity contribution is -0.133. The van der Waals surface area contributed by atoms with E-state index in [1.165, 1.54) is 6.08 Å². The molecule has 2 amide bonds. The maximum atomic E-state index is 12.1. The third-order valence-corrected chi connectivity index (χ3v) is 4.71. The fourth-order valence-electron chi connectivity index (χ4n) is 2.98. The average molecular weight is 363 g/mol. The molecule has 0 atom stereocenters. The molecule has 0 radical (unpaired) electrons. The second-order valence-electron chi connectivity index (χ2n) is 6.72. The third kappa shape index (κ3) is 5.53. The highest BCUT2D eigenvalue weighted by Gasteiger charge is 2.18. The number of hydrogen-bond acceptors (Lipinski definition) is 3. The zero-order chi connectivity index (χ0) is 19.1. The molecule has 0 spiro atoms. The second-order valence-corrected chi connectivity index (χ2v) is 6.72. The van der Waals surface area contributed by atoms with Gasteiger partial charge in [0.15, 0.2) is 0 Å². The minimum absolute atomic E-state index is 0.0305. The van der Waals surface area contributed by atoms with Gasteiger partial charge in [0.05, 0.1) is 6.54 Å². The molecule has 5 heteroatoms. The topological polar surface area (TPSA) is 52.6 Å². The van der Waals surface area contributed by atoms with Crippen LogP contribution in [-0.4, -0.2) is 61.4 Å². The van der Waals surface area contributed by atoms with Crippen molar-refractivity contribution in [2.24, 2.45) is 0 Å². The van der Waals surface area contributed by atoms with E-state index in [0.29, 0.717) is 0 Å². The van der Waals surface area contributed by atoms with E-state index in [4.69, 9.17) is 0 Å². The van der Waals surface area contributed by atoms with Crippen molar-refractivity contribution in [1.82, 2.24) is 15.1 Å². The zero-order valence-corrected chi connectivity index (χ0v) is 15.6. The summed E-state index contributed by atoms with van der Waals surface area (Å²) >= 11 is 0. The molecule has 1 N–H and O–H groups in total. The van der Waals surface area contributed by atoms with Gasteiger partial charge in [0.1, 0.15) is 0 Å². The summed E-state index contributed by atoms with van der Waals surface area (Å²) in [5, 5.41) is 2.67. The number of nitrogens with one attached hydrogen (secondary N) is 1. The van der Waals surface area contributed by atoms with E-state index < -0.39 is 0 Å². The maximum absolute atomic E-state index is 12.1. The van der Waals surface area contributed by atoms with Gasteiger partial charge in [0, 0.05) is 32.3 Å². The smallest absolute Gasteiger partial charge is 0.244 e. The van der Waals surface area contributed by atoms with E-state index in [2.05, 4.69) is 22.3 Å². The van der Waals surface area contributed by atoms with Gasteiger partial charge in [-0.15, -0.1) is 0 Å². The molecule has 2 aromatic carbocycles. The third-order valence-electron chi connectivity index (χ3n) is 4.71. The lowest BCUT2D eigenvalue weighted by atomic mass is 10.0. The molecule has 1 saturated heterocycles. The Morgan fingerprint density at radius 3 is 2.22 bits per heavy atom. The van der Waals surface area contributed by atoms with Gasteiger partial charge in [0.25, 0.3) is 0 Å². The molecule has 1 aliphatic rings. The molecule has 0 aliphatic carbocycles. The molecule has 1 fully saturated rings. The summed E-state index contributed by atoms with van der Waals surface area (Å²) in [5.74, 6) is -0.290. The van der Waals surface area contributed by atoms with Gasteiger partial charge < -0.3 is 15.1 Å². The van der Waals surface area contributed by atoms with Crippen molar-refractivity contribution >= 4 is 17.9 Å². The zero-order valence-electron chi connectivity index (χ0n) is 15.6. The molecule has 3 rings (SSSR count). The molecule has 5 nitrogen and oxygen atoms in total. The Labute approximate surface area is 160 Å². The number of benzene rings is 2. The molecule has 0 saturated carbocycles. The molecule has 27 heavy (non-hydrogen) atoms. The number of carbonyl (C=O) groups excluding carboxylic acids is 2. The number of nitrogens with zero attached hydrogens (tertiary/aromatic N) is 2. The van der Waals surface area contributed by atoms with Crippen molar-refractivity contribution in [3.05, 3.63) is 66.2 Å². The Bertz CT molecular complexity index is 792. The minimum Gasteiger partial charge on any atom is -0.343 e. The number of carbonyl (C=O) groups is 2. The van der Waals surface area contributed by atoms with Gasteiger partial charge >= 0.3 is 0 Å². The van der Waals surface area contributed by atoms with Crippen molar-refractivity contribution in [3.8, 4) is 11.1 Å². The van der Waals surface area contributed by atoms with Crippen molar-refractivity contribution in [2.75, 3.05) is 39.8 Å². The van der Waals surface area contributed by atoms with Gasteiger partial charge in [-0.05, 0) is 29.8 Å². The standard InChI is InChI=1S/C22H25N3O2/c1-24-13-15-25(16-14-24)22(27)17-23-21(26)12-9-18-7-10-20(11-8-18)19-5-3-2-4-6-19/h2-12H,13-17H2,1H3,(H,23,26)/b12-9+. The highest BCUT2D eigenvalue weighted by atomic mass is 16.2. The van der Waals surface area contributed by atoms with Crippen LogP contribution in [0.2, 0.25) is 0 Å². The normalized spacial score (nSPS) is 15.1. The number of piperazine rings is 1. The fraction of sp³-hybridized carbons (Fsp3) is 0.273. The fourth-order valence-corrected chi connectivity index (χ4v) is 2.98. The van der Waals surface area contributed by atoms with Crippen LogP contribution in [0.1, 0.15) is 5.56 Å². The van der Waals surface area contributed by atoms with E-state index in [1.54, 1.807) is 11.0 Å². The van der Waals surface area contributed by atoms with Crippen molar-refractivity contribution < 1.29 is 9.59 Å². The Kier molecular flexibility index (Phi) is 6.39. The SMILES string of the molecule is CN1CCN(C(=O)CNC(=O)/C=C/c2ccc(-c3ccccc3)cc2)CC1. The van der Waals surface area contributed by atoms with E-state index in [9.17, 15) is 9.59 Å². The summed E-state index contributed by atoms with van der Waals surface area (Å²) in [7, 11) is 2.04. The van der Waals surface area contributed by atoms with Crippen LogP contribution >= 0.6 is 0 Å². The highest BCUT2D eigenvalue weighted by Crippen LogP contribution is 2.19. The number of amides is 2. The predicted octanol–water partition coefficient (Wildman–Crippen LogP) is 2.26. The molecule has 140 valence electrons. The van der Waals surface area contributed by atoms with Gasteiger partial charge in [-0.1, -0.05) is 54.6 Å². The van der Waals surface area contributed by atoms with Crippen LogP contribution in [0.25, 0.3) is 17.2 Å². The van der Waals surface area contributed by atoms with Crippen LogP contribution in [0.3, 0.4) is 0 Å². The molecule has 0 aromatic heterocycles. The second kappa shape index (κ2) is 9.14. The largest absolute Gasteiger partial charge is 0.343 e. The first-order chi connectivity index (χ1) is 13.1. The van der Waals surface area contributed by atoms with Crippen molar-refractivity contribution in [1.29, 1.82) is 0 Å². The first-order valence-corrected chi connectivity index (χ1v) is 9.19. The molecule has 0 bridgehead atoms. The first-order valence-electron chi connectivity index (χ1n) is 9.19. The summed E-state index contributed by atoms with van der Waals surface area (Å²) in [6.07, 6.45) is 3.22. The summed E-state index contributed by atoms with van der Waals surface area (Å²) in [4.78, 5) is 28.1. The first kappa shape index (κ1) is 18.9. The Hall–Kier alpha value is -2.92. The summed E-state index contributed by atoms with van der Waals surface area (Å²) < 4.78 is 0. The van der Waals surface area contributed by atoms with E-state index >= 15 is 0 Å². The quantitative estimate of drug-likeness (QED) is 0.829. The monoisotopic (exact) mass is 363 g/mol.